The van der Waals surface area contributed by atoms with E-state index in [9.17, 15) is 9.59 Å². The number of methoxy groups -OCH3 is 3. The minimum Gasteiger partial charge on any atom is -0.493 e. The summed E-state index contributed by atoms with van der Waals surface area (Å²) < 4.78 is 15.8. The average Bonchev–Trinajstić information content (AvgIpc) is 2.74. The Kier molecular flexibility index (Phi) is 8.22. The Balaban J connectivity index is 1.87. The molecule has 160 valence electrons. The number of benzene rings is 2. The quantitative estimate of drug-likeness (QED) is 0.486. The summed E-state index contributed by atoms with van der Waals surface area (Å²) in [5, 5.41) is 6.71. The molecule has 0 heterocycles. The van der Waals surface area contributed by atoms with Crippen molar-refractivity contribution in [1.82, 2.24) is 5.43 Å². The topological polar surface area (TPSA) is 98.2 Å². The van der Waals surface area contributed by atoms with Gasteiger partial charge in [0.15, 0.2) is 11.5 Å². The first kappa shape index (κ1) is 22.7. The number of aryl methyl sites for hydroxylation is 2. The summed E-state index contributed by atoms with van der Waals surface area (Å²) in [5.41, 5.74) is 6.01. The highest BCUT2D eigenvalue weighted by atomic mass is 16.5. The molecule has 2 amide bonds. The van der Waals surface area contributed by atoms with E-state index in [0.29, 0.717) is 28.5 Å². The summed E-state index contributed by atoms with van der Waals surface area (Å²) in [7, 11) is 4.55. The van der Waals surface area contributed by atoms with Gasteiger partial charge in [-0.2, -0.15) is 5.10 Å². The zero-order valence-electron chi connectivity index (χ0n) is 17.9. The van der Waals surface area contributed by atoms with E-state index >= 15 is 0 Å². The molecule has 0 aliphatic heterocycles. The van der Waals surface area contributed by atoms with Crippen LogP contribution < -0.4 is 25.0 Å². The molecular formula is C22H27N3O5. The Morgan fingerprint density at radius 2 is 1.53 bits per heavy atom. The van der Waals surface area contributed by atoms with Gasteiger partial charge in [-0.05, 0) is 49.2 Å². The van der Waals surface area contributed by atoms with Crippen molar-refractivity contribution < 1.29 is 23.8 Å². The predicted octanol–water partition coefficient (Wildman–Crippen LogP) is 3.20. The maximum Gasteiger partial charge on any atom is 0.240 e. The lowest BCUT2D eigenvalue weighted by Crippen LogP contribution is -2.20. The van der Waals surface area contributed by atoms with Crippen LogP contribution in [-0.2, 0) is 9.59 Å². The Morgan fingerprint density at radius 1 is 0.900 bits per heavy atom. The van der Waals surface area contributed by atoms with Crippen LogP contribution in [-0.4, -0.2) is 39.4 Å². The van der Waals surface area contributed by atoms with Crippen LogP contribution in [0.1, 0.15) is 29.5 Å². The fraction of sp³-hybridized carbons (Fsp3) is 0.318. The zero-order valence-corrected chi connectivity index (χ0v) is 17.9. The van der Waals surface area contributed by atoms with Gasteiger partial charge in [0.1, 0.15) is 0 Å². The van der Waals surface area contributed by atoms with Crippen molar-refractivity contribution in [3.63, 3.8) is 0 Å². The van der Waals surface area contributed by atoms with Crippen LogP contribution in [0.5, 0.6) is 17.2 Å². The van der Waals surface area contributed by atoms with Crippen molar-refractivity contribution in [2.24, 2.45) is 5.10 Å². The average molecular weight is 413 g/mol. The summed E-state index contributed by atoms with van der Waals surface area (Å²) in [6.45, 7) is 3.98. The highest BCUT2D eigenvalue weighted by molar-refractivity contribution is 5.93. The molecule has 8 nitrogen and oxygen atoms in total. The fourth-order valence-corrected chi connectivity index (χ4v) is 2.68. The molecule has 2 aromatic rings. The molecule has 2 aromatic carbocycles. The summed E-state index contributed by atoms with van der Waals surface area (Å²) in [4.78, 5) is 24.0. The Bertz CT molecular complexity index is 915. The lowest BCUT2D eigenvalue weighted by atomic mass is 10.1. The van der Waals surface area contributed by atoms with Crippen molar-refractivity contribution >= 4 is 23.7 Å². The number of nitrogens with zero attached hydrogens (tertiary/aromatic N) is 1. The molecule has 0 atom stereocenters. The van der Waals surface area contributed by atoms with Crippen molar-refractivity contribution in [2.45, 2.75) is 26.7 Å². The summed E-state index contributed by atoms with van der Waals surface area (Å²) in [5.74, 6) is 0.826. The molecule has 0 aliphatic rings. The lowest BCUT2D eigenvalue weighted by molar-refractivity contribution is -0.124. The molecule has 0 aromatic heterocycles. The third-order valence-corrected chi connectivity index (χ3v) is 4.46. The Morgan fingerprint density at radius 3 is 2.10 bits per heavy atom. The van der Waals surface area contributed by atoms with E-state index in [0.717, 1.165) is 11.1 Å². The first-order chi connectivity index (χ1) is 14.4. The van der Waals surface area contributed by atoms with Gasteiger partial charge in [-0.25, -0.2) is 5.43 Å². The number of carbonyl (C=O) groups is 2. The van der Waals surface area contributed by atoms with E-state index in [1.165, 1.54) is 27.5 Å². The Hall–Kier alpha value is -3.55. The van der Waals surface area contributed by atoms with Crippen LogP contribution in [0.4, 0.5) is 5.69 Å². The highest BCUT2D eigenvalue weighted by Crippen LogP contribution is 2.37. The van der Waals surface area contributed by atoms with E-state index in [2.05, 4.69) is 15.8 Å². The normalized spacial score (nSPS) is 10.6. The zero-order chi connectivity index (χ0) is 22.1. The number of amides is 2. The monoisotopic (exact) mass is 413 g/mol. The number of hydrazone groups is 1. The minimum atomic E-state index is -0.367. The van der Waals surface area contributed by atoms with Crippen LogP contribution in [0, 0.1) is 13.8 Å². The van der Waals surface area contributed by atoms with Crippen molar-refractivity contribution in [1.29, 1.82) is 0 Å². The first-order valence-electron chi connectivity index (χ1n) is 9.37. The number of hydrogen-bond donors (Lipinski definition) is 2. The fourth-order valence-electron chi connectivity index (χ4n) is 2.68. The molecule has 8 heteroatoms. The molecule has 0 unspecified atom stereocenters. The smallest absolute Gasteiger partial charge is 0.240 e. The van der Waals surface area contributed by atoms with E-state index in [1.807, 2.05) is 32.0 Å². The van der Waals surface area contributed by atoms with Gasteiger partial charge in [0.2, 0.25) is 17.6 Å². The number of anilines is 1. The summed E-state index contributed by atoms with van der Waals surface area (Å²) >= 11 is 0. The first-order valence-corrected chi connectivity index (χ1v) is 9.37. The van der Waals surface area contributed by atoms with E-state index in [1.54, 1.807) is 12.1 Å². The van der Waals surface area contributed by atoms with Crippen molar-refractivity contribution in [3.8, 4) is 17.2 Å². The molecule has 0 saturated heterocycles. The molecular weight excluding hydrogens is 386 g/mol. The third-order valence-electron chi connectivity index (χ3n) is 4.46. The lowest BCUT2D eigenvalue weighted by Gasteiger charge is -2.12. The van der Waals surface area contributed by atoms with Gasteiger partial charge in [-0.1, -0.05) is 6.07 Å². The second kappa shape index (κ2) is 10.8. The number of nitrogens with one attached hydrogen (secondary N) is 2. The SMILES string of the molecule is COc1cc(/C=N\NC(=O)CCC(=O)Nc2ccc(C)c(C)c2)cc(OC)c1OC. The summed E-state index contributed by atoms with van der Waals surface area (Å²) in [6.07, 6.45) is 1.53. The molecule has 0 bridgehead atoms. The van der Waals surface area contributed by atoms with Crippen LogP contribution in [0.3, 0.4) is 0 Å². The van der Waals surface area contributed by atoms with Crippen LogP contribution in [0.15, 0.2) is 35.4 Å². The molecule has 30 heavy (non-hydrogen) atoms. The number of rotatable bonds is 9. The standard InChI is InChI=1S/C22H27N3O5/c1-14-6-7-17(10-15(14)2)24-20(26)8-9-21(27)25-23-13-16-11-18(28-3)22(30-5)19(12-16)29-4/h6-7,10-13H,8-9H2,1-5H3,(H,24,26)(H,25,27)/b23-13-. The van der Waals surface area contributed by atoms with E-state index in [-0.39, 0.29) is 24.7 Å². The van der Waals surface area contributed by atoms with Gasteiger partial charge in [-0.15, -0.1) is 0 Å². The molecule has 2 rings (SSSR count). The van der Waals surface area contributed by atoms with Crippen molar-refractivity contribution in [3.05, 3.63) is 47.0 Å². The third kappa shape index (κ3) is 6.23. The maximum atomic E-state index is 12.0. The van der Waals surface area contributed by atoms with Crippen LogP contribution in [0.2, 0.25) is 0 Å². The van der Waals surface area contributed by atoms with Gasteiger partial charge in [0, 0.05) is 24.1 Å². The van der Waals surface area contributed by atoms with Crippen molar-refractivity contribution in [2.75, 3.05) is 26.6 Å². The number of ether oxygens (including phenoxy) is 3. The molecule has 0 spiro atoms. The molecule has 2 N–H and O–H groups in total. The van der Waals surface area contributed by atoms with E-state index < -0.39 is 0 Å². The maximum absolute atomic E-state index is 12.0. The number of hydrogen-bond acceptors (Lipinski definition) is 6. The van der Waals surface area contributed by atoms with Gasteiger partial charge in [0.05, 0.1) is 27.5 Å². The predicted molar refractivity (Wildman–Crippen MR) is 116 cm³/mol. The Labute approximate surface area is 176 Å². The molecule has 0 saturated carbocycles. The summed E-state index contributed by atoms with van der Waals surface area (Å²) in [6, 6.07) is 9.08. The minimum absolute atomic E-state index is 0.0171. The largest absolute Gasteiger partial charge is 0.493 e. The highest BCUT2D eigenvalue weighted by Gasteiger charge is 2.12. The van der Waals surface area contributed by atoms with Crippen LogP contribution >= 0.6 is 0 Å². The second-order valence-electron chi connectivity index (χ2n) is 6.60. The number of carbonyl (C=O) groups excluding carboxylic acids is 2. The van der Waals surface area contributed by atoms with Gasteiger partial charge < -0.3 is 19.5 Å². The van der Waals surface area contributed by atoms with Crippen LogP contribution in [0.25, 0.3) is 0 Å². The van der Waals surface area contributed by atoms with Gasteiger partial charge in [0.25, 0.3) is 0 Å². The second-order valence-corrected chi connectivity index (χ2v) is 6.60. The van der Waals surface area contributed by atoms with E-state index in [4.69, 9.17) is 14.2 Å². The van der Waals surface area contributed by atoms with Gasteiger partial charge >= 0.3 is 0 Å². The van der Waals surface area contributed by atoms with Gasteiger partial charge in [-0.3, -0.25) is 9.59 Å². The molecule has 0 fully saturated rings. The molecule has 0 radical (unpaired) electrons. The molecule has 0 aliphatic carbocycles.